The zero-order chi connectivity index (χ0) is 69.0. The largest absolute Gasteiger partial charge is 0.472 e. The fourth-order valence-corrected chi connectivity index (χ4v) is 11.3. The monoisotopic (exact) mass is 1370 g/mol. The number of rotatable bonds is 69. The molecule has 5 atom stereocenters. The molecule has 0 bridgehead atoms. The molecule has 5 unspecified atom stereocenters. The van der Waals surface area contributed by atoms with Gasteiger partial charge in [-0.05, 0) is 96.3 Å². The number of carbonyl (C=O) groups is 4. The zero-order valence-corrected chi connectivity index (χ0v) is 60.9. The Balaban J connectivity index is 5.30. The Morgan fingerprint density at radius 2 is 0.574 bits per heavy atom. The van der Waals surface area contributed by atoms with Crippen molar-refractivity contribution in [1.82, 2.24) is 0 Å². The highest BCUT2D eigenvalue weighted by molar-refractivity contribution is 7.47. The number of hydrogen-bond donors (Lipinski definition) is 3. The minimum absolute atomic E-state index is 0.0904. The number of esters is 4. The molecule has 0 aliphatic heterocycles. The smallest absolute Gasteiger partial charge is 0.462 e. The molecule has 0 aromatic heterocycles. The first-order valence-corrected chi connectivity index (χ1v) is 39.8. The van der Waals surface area contributed by atoms with Crippen LogP contribution in [0, 0.1) is 0 Å². The van der Waals surface area contributed by atoms with Gasteiger partial charge in [-0.3, -0.25) is 37.3 Å². The van der Waals surface area contributed by atoms with Crippen LogP contribution in [0.15, 0.2) is 85.1 Å². The van der Waals surface area contributed by atoms with Crippen LogP contribution in [0.3, 0.4) is 0 Å². The second kappa shape index (κ2) is 67.8. The highest BCUT2D eigenvalue weighted by Crippen LogP contribution is 2.45. The van der Waals surface area contributed by atoms with E-state index in [4.69, 9.17) is 37.0 Å². The van der Waals surface area contributed by atoms with Gasteiger partial charge >= 0.3 is 39.5 Å². The average Bonchev–Trinajstić information content (AvgIpc) is 1.24. The van der Waals surface area contributed by atoms with Crippen molar-refractivity contribution in [1.29, 1.82) is 0 Å². The maximum Gasteiger partial charge on any atom is 0.472 e. The minimum atomic E-state index is -4.97. The van der Waals surface area contributed by atoms with Crippen LogP contribution in [0.5, 0.6) is 0 Å². The van der Waals surface area contributed by atoms with Gasteiger partial charge in [0.2, 0.25) is 0 Å². The lowest BCUT2D eigenvalue weighted by molar-refractivity contribution is -0.161. The van der Waals surface area contributed by atoms with E-state index in [0.29, 0.717) is 25.7 Å². The van der Waals surface area contributed by atoms with Gasteiger partial charge in [0, 0.05) is 25.7 Å². The molecule has 3 N–H and O–H groups in total. The summed E-state index contributed by atoms with van der Waals surface area (Å²) in [6.07, 6.45) is 67.3. The van der Waals surface area contributed by atoms with Crippen LogP contribution >= 0.6 is 15.6 Å². The lowest BCUT2D eigenvalue weighted by Crippen LogP contribution is -2.30. The summed E-state index contributed by atoms with van der Waals surface area (Å²) >= 11 is 0. The Hall–Kier alpha value is -3.76. The summed E-state index contributed by atoms with van der Waals surface area (Å²) in [5, 5.41) is 10.6. The lowest BCUT2D eigenvalue weighted by Gasteiger charge is -2.21. The maximum atomic E-state index is 13.0. The summed E-state index contributed by atoms with van der Waals surface area (Å²) < 4.78 is 68.3. The third-order valence-corrected chi connectivity index (χ3v) is 17.3. The van der Waals surface area contributed by atoms with Gasteiger partial charge in [0.15, 0.2) is 12.2 Å². The molecule has 19 heteroatoms. The molecule has 0 amide bonds. The van der Waals surface area contributed by atoms with Gasteiger partial charge in [0.05, 0.1) is 26.4 Å². The highest BCUT2D eigenvalue weighted by Gasteiger charge is 2.30. The highest BCUT2D eigenvalue weighted by atomic mass is 31.2. The van der Waals surface area contributed by atoms with Crippen LogP contribution in [0.2, 0.25) is 0 Å². The van der Waals surface area contributed by atoms with Crippen molar-refractivity contribution in [2.45, 2.75) is 329 Å². The van der Waals surface area contributed by atoms with Crippen molar-refractivity contribution in [3.05, 3.63) is 85.1 Å². The first-order chi connectivity index (χ1) is 45.7. The molecule has 0 heterocycles. The molecule has 0 rings (SSSR count). The Morgan fingerprint density at radius 3 is 0.904 bits per heavy atom. The number of allylic oxidation sites excluding steroid dienone is 14. The van der Waals surface area contributed by atoms with Gasteiger partial charge in [-0.15, -0.1) is 0 Å². The van der Waals surface area contributed by atoms with Crippen LogP contribution < -0.4 is 0 Å². The van der Waals surface area contributed by atoms with E-state index in [2.05, 4.69) is 113 Å². The van der Waals surface area contributed by atoms with Crippen LogP contribution in [0.25, 0.3) is 0 Å². The van der Waals surface area contributed by atoms with E-state index in [9.17, 15) is 43.2 Å². The molecule has 0 radical (unpaired) electrons. The molecule has 0 saturated carbocycles. The predicted molar refractivity (Wildman–Crippen MR) is 381 cm³/mol. The molecule has 94 heavy (non-hydrogen) atoms. The van der Waals surface area contributed by atoms with E-state index in [1.54, 1.807) is 0 Å². The molecule has 0 aliphatic carbocycles. The van der Waals surface area contributed by atoms with Crippen LogP contribution in [0.4, 0.5) is 0 Å². The van der Waals surface area contributed by atoms with Gasteiger partial charge in [-0.1, -0.05) is 273 Å². The summed E-state index contributed by atoms with van der Waals surface area (Å²) in [6, 6.07) is 0. The topological polar surface area (TPSA) is 237 Å². The van der Waals surface area contributed by atoms with Crippen molar-refractivity contribution < 1.29 is 80.2 Å². The number of ether oxygens (including phenoxy) is 4. The van der Waals surface area contributed by atoms with Gasteiger partial charge in [-0.25, -0.2) is 9.13 Å². The first-order valence-electron chi connectivity index (χ1n) is 36.8. The number of carbonyl (C=O) groups excluding carboxylic acids is 4. The van der Waals surface area contributed by atoms with Gasteiger partial charge in [0.1, 0.15) is 19.3 Å². The van der Waals surface area contributed by atoms with Crippen LogP contribution in [-0.2, 0) is 65.4 Å². The SMILES string of the molecule is CC/C=C\C/C=C\C/C=C\C/C=C\C/C=C\CCCCCC(=O)OCC(COP(=O)(O)OCC(O)COP(=O)(O)OCC(COC(=O)CCCCCCC/C=C\C/C=C\CCC)OC(=O)CCCCCCCCCCCCC)OC(=O)CCCCCCCCCCCCC. The summed E-state index contributed by atoms with van der Waals surface area (Å²) in [7, 11) is -9.94. The van der Waals surface area contributed by atoms with Gasteiger partial charge in [0.25, 0.3) is 0 Å². The lowest BCUT2D eigenvalue weighted by atomic mass is 10.1. The van der Waals surface area contributed by atoms with Crippen molar-refractivity contribution in [2.24, 2.45) is 0 Å². The number of hydrogen-bond acceptors (Lipinski definition) is 15. The standard InChI is InChI=1S/C75H132O17P2/c1-5-9-13-17-21-25-29-31-32-33-34-35-36-38-42-44-48-52-56-60-73(78)86-66-71(92-75(80)62-58-54-50-46-40-28-24-20-16-12-8-4)68-90-94(83,84)88-64-69(76)63-87-93(81,82)89-67-70(91-74(79)61-57-53-49-45-39-27-23-19-15-11-7-3)65-85-72(77)59-55-51-47-43-41-37-30-26-22-18-14-10-6-2/h9,13-14,18,21,25-26,30-32,34-35,38,42,69-71,76H,5-8,10-12,15-17,19-20,22-24,27-29,33,36-37,39-41,43-68H2,1-4H3,(H,81,82)(H,83,84)/b13-9-,18-14-,25-21-,30-26-,32-31-,35-34-,42-38-. The van der Waals surface area contributed by atoms with Crippen LogP contribution in [0.1, 0.15) is 310 Å². The average molecular weight is 1370 g/mol. The summed E-state index contributed by atoms with van der Waals surface area (Å²) in [5.74, 6) is -2.21. The van der Waals surface area contributed by atoms with Crippen molar-refractivity contribution in [3.8, 4) is 0 Å². The molecule has 0 fully saturated rings. The molecule has 0 saturated heterocycles. The number of phosphoric ester groups is 2. The molecule has 0 aromatic carbocycles. The van der Waals surface area contributed by atoms with E-state index in [0.717, 1.165) is 154 Å². The van der Waals surface area contributed by atoms with E-state index in [1.807, 2.05) is 0 Å². The number of unbranched alkanes of at least 4 members (excludes halogenated alkanes) is 29. The Bertz CT molecular complexity index is 2120. The summed E-state index contributed by atoms with van der Waals surface area (Å²) in [6.45, 7) is 4.64. The molecule has 544 valence electrons. The quantitative estimate of drug-likeness (QED) is 0.0169. The Kier molecular flexibility index (Phi) is 65.1. The predicted octanol–water partition coefficient (Wildman–Crippen LogP) is 20.7. The fraction of sp³-hybridized carbons (Fsp3) is 0.760. The number of aliphatic hydroxyl groups excluding tert-OH is 1. The second-order valence-corrected chi connectivity index (χ2v) is 27.4. The molecule has 0 aromatic rings. The van der Waals surface area contributed by atoms with E-state index < -0.39 is 97.5 Å². The van der Waals surface area contributed by atoms with Crippen molar-refractivity contribution in [3.63, 3.8) is 0 Å². The fourth-order valence-electron chi connectivity index (χ4n) is 9.76. The number of phosphoric acid groups is 2. The maximum absolute atomic E-state index is 13.0. The molecular weight excluding hydrogens is 1230 g/mol. The van der Waals surface area contributed by atoms with Gasteiger partial charge < -0.3 is 33.8 Å². The van der Waals surface area contributed by atoms with Gasteiger partial charge in [-0.2, -0.15) is 0 Å². The van der Waals surface area contributed by atoms with Crippen molar-refractivity contribution >= 4 is 39.5 Å². The molecule has 0 aliphatic rings. The minimum Gasteiger partial charge on any atom is -0.462 e. The normalized spacial score (nSPS) is 14.5. The molecule has 17 nitrogen and oxygen atoms in total. The van der Waals surface area contributed by atoms with E-state index in [-0.39, 0.29) is 25.7 Å². The second-order valence-electron chi connectivity index (χ2n) is 24.5. The Morgan fingerprint density at radius 1 is 0.309 bits per heavy atom. The zero-order valence-electron chi connectivity index (χ0n) is 59.1. The molecular formula is C75H132O17P2. The summed E-state index contributed by atoms with van der Waals surface area (Å²) in [4.78, 5) is 72.6. The summed E-state index contributed by atoms with van der Waals surface area (Å²) in [5.41, 5.74) is 0. The van der Waals surface area contributed by atoms with Crippen LogP contribution in [-0.4, -0.2) is 96.7 Å². The van der Waals surface area contributed by atoms with Crippen molar-refractivity contribution in [2.75, 3.05) is 39.6 Å². The number of aliphatic hydroxyl groups is 1. The third-order valence-electron chi connectivity index (χ3n) is 15.4. The van der Waals surface area contributed by atoms with E-state index in [1.165, 1.54) is 77.0 Å². The van der Waals surface area contributed by atoms with E-state index >= 15 is 0 Å². The Labute approximate surface area is 570 Å². The first kappa shape index (κ1) is 90.2. The third kappa shape index (κ3) is 66.8. The molecule has 0 spiro atoms.